The molecule has 8 nitrogen and oxygen atoms in total. The number of nitro benzene ring substituents is 1. The van der Waals surface area contributed by atoms with Crippen LogP contribution >= 0.6 is 11.3 Å². The van der Waals surface area contributed by atoms with Gasteiger partial charge in [0.1, 0.15) is 5.82 Å². The molecule has 4 rings (SSSR count). The van der Waals surface area contributed by atoms with Gasteiger partial charge in [-0.15, -0.1) is 11.3 Å². The third-order valence-corrected chi connectivity index (χ3v) is 4.75. The quantitative estimate of drug-likeness (QED) is 0.391. The van der Waals surface area contributed by atoms with E-state index in [0.29, 0.717) is 22.1 Å². The Kier molecular flexibility index (Phi) is 4.83. The number of amides is 1. The van der Waals surface area contributed by atoms with Gasteiger partial charge in [0.2, 0.25) is 0 Å². The van der Waals surface area contributed by atoms with Crippen LogP contribution in [-0.2, 0) is 0 Å². The molecule has 0 aliphatic rings. The Morgan fingerprint density at radius 2 is 1.97 bits per heavy atom. The van der Waals surface area contributed by atoms with E-state index in [1.54, 1.807) is 35.8 Å². The number of hydrogen-bond acceptors (Lipinski definition) is 6. The number of hydrogen-bond donors (Lipinski definition) is 1. The number of nitrogens with one attached hydrogen (secondary N) is 1. The third kappa shape index (κ3) is 4.01. The van der Waals surface area contributed by atoms with Crippen molar-refractivity contribution in [3.8, 4) is 16.9 Å². The number of nitrogens with zero attached hydrogens (tertiary/aromatic N) is 4. The van der Waals surface area contributed by atoms with Crippen LogP contribution in [0.1, 0.15) is 10.5 Å². The maximum absolute atomic E-state index is 13.4. The lowest BCUT2D eigenvalue weighted by atomic mass is 10.2. The van der Waals surface area contributed by atoms with Gasteiger partial charge >= 0.3 is 0 Å². The Morgan fingerprint density at radius 3 is 2.69 bits per heavy atom. The van der Waals surface area contributed by atoms with Crippen LogP contribution in [0, 0.1) is 15.9 Å². The average Bonchev–Trinajstić information content (AvgIpc) is 3.38. The Bertz CT molecular complexity index is 1200. The summed E-state index contributed by atoms with van der Waals surface area (Å²) in [6, 6.07) is 13.4. The molecule has 2 heterocycles. The summed E-state index contributed by atoms with van der Waals surface area (Å²) in [7, 11) is 0. The van der Waals surface area contributed by atoms with E-state index >= 15 is 0 Å². The number of nitro groups is 1. The predicted octanol–water partition coefficient (Wildman–Crippen LogP) is 4.30. The van der Waals surface area contributed by atoms with Crippen molar-refractivity contribution < 1.29 is 14.1 Å². The number of carbonyl (C=O) groups excluding carboxylic acids is 1. The van der Waals surface area contributed by atoms with Gasteiger partial charge in [-0.05, 0) is 30.3 Å². The van der Waals surface area contributed by atoms with Crippen LogP contribution in [0.3, 0.4) is 0 Å². The van der Waals surface area contributed by atoms with E-state index in [4.69, 9.17) is 0 Å². The molecule has 1 amide bonds. The first-order valence-electron chi connectivity index (χ1n) is 8.33. The summed E-state index contributed by atoms with van der Waals surface area (Å²) < 4.78 is 14.8. The minimum atomic E-state index is -0.488. The predicted molar refractivity (Wildman–Crippen MR) is 106 cm³/mol. The first-order chi connectivity index (χ1) is 14.0. The Hall–Kier alpha value is -3.92. The third-order valence-electron chi connectivity index (χ3n) is 3.99. The average molecular weight is 409 g/mol. The van der Waals surface area contributed by atoms with Gasteiger partial charge in [-0.3, -0.25) is 20.2 Å². The highest BCUT2D eigenvalue weighted by Crippen LogP contribution is 2.25. The molecule has 0 saturated carbocycles. The first kappa shape index (κ1) is 18.4. The zero-order chi connectivity index (χ0) is 20.4. The molecule has 0 spiro atoms. The second-order valence-electron chi connectivity index (χ2n) is 5.92. The summed E-state index contributed by atoms with van der Waals surface area (Å²) in [4.78, 5) is 27.0. The van der Waals surface area contributed by atoms with Gasteiger partial charge in [0.25, 0.3) is 11.6 Å². The number of non-ortho nitro benzene ring substituents is 1. The summed E-state index contributed by atoms with van der Waals surface area (Å²) >= 11 is 1.22. The standard InChI is InChI=1S/C19H12FN5O3S/c20-13-3-1-2-12(10-13)17-11-29-19(21-17)22-18(26)16-8-9-24(23-16)14-4-6-15(7-5-14)25(27)28/h1-11H,(H,21,22,26). The topological polar surface area (TPSA) is 103 Å². The van der Waals surface area contributed by atoms with E-state index in [0.717, 1.165) is 0 Å². The van der Waals surface area contributed by atoms with Crippen LogP contribution in [0.5, 0.6) is 0 Å². The van der Waals surface area contributed by atoms with Crippen molar-refractivity contribution in [3.05, 3.63) is 87.8 Å². The smallest absolute Gasteiger partial charge is 0.277 e. The number of carbonyl (C=O) groups is 1. The lowest BCUT2D eigenvalue weighted by Crippen LogP contribution is -2.13. The molecular weight excluding hydrogens is 397 g/mol. The number of rotatable bonds is 5. The fourth-order valence-electron chi connectivity index (χ4n) is 2.59. The fraction of sp³-hybridized carbons (Fsp3) is 0. The number of anilines is 1. The Balaban J connectivity index is 1.48. The molecule has 0 fully saturated rings. The highest BCUT2D eigenvalue weighted by molar-refractivity contribution is 7.14. The largest absolute Gasteiger partial charge is 0.296 e. The monoisotopic (exact) mass is 409 g/mol. The van der Waals surface area contributed by atoms with E-state index < -0.39 is 10.8 Å². The maximum atomic E-state index is 13.4. The molecule has 2 aromatic carbocycles. The van der Waals surface area contributed by atoms with Gasteiger partial charge in [-0.1, -0.05) is 12.1 Å². The van der Waals surface area contributed by atoms with Crippen molar-refractivity contribution in [1.82, 2.24) is 14.8 Å². The second-order valence-corrected chi connectivity index (χ2v) is 6.78. The van der Waals surface area contributed by atoms with Gasteiger partial charge in [0.05, 0.1) is 16.3 Å². The van der Waals surface area contributed by atoms with Crippen molar-refractivity contribution in [3.63, 3.8) is 0 Å². The van der Waals surface area contributed by atoms with Crippen LogP contribution in [-0.4, -0.2) is 25.6 Å². The molecule has 1 N–H and O–H groups in total. The zero-order valence-corrected chi connectivity index (χ0v) is 15.5. The molecule has 0 saturated heterocycles. The lowest BCUT2D eigenvalue weighted by Gasteiger charge is -2.01. The van der Waals surface area contributed by atoms with E-state index in [9.17, 15) is 19.3 Å². The summed E-state index contributed by atoms with van der Waals surface area (Å²) in [5, 5.41) is 19.7. The van der Waals surface area contributed by atoms with Crippen molar-refractivity contribution in [2.45, 2.75) is 0 Å². The van der Waals surface area contributed by atoms with Gasteiger partial charge in [0, 0.05) is 29.3 Å². The molecule has 0 bridgehead atoms. The normalized spacial score (nSPS) is 10.7. The molecule has 0 radical (unpaired) electrons. The summed E-state index contributed by atoms with van der Waals surface area (Å²) in [5.41, 5.74) is 1.88. The summed E-state index contributed by atoms with van der Waals surface area (Å²) in [6.45, 7) is 0. The molecule has 0 atom stereocenters. The van der Waals surface area contributed by atoms with Crippen molar-refractivity contribution in [2.24, 2.45) is 0 Å². The number of thiazole rings is 1. The Labute approximate surface area is 167 Å². The summed E-state index contributed by atoms with van der Waals surface area (Å²) in [6.07, 6.45) is 1.58. The van der Waals surface area contributed by atoms with Gasteiger partial charge < -0.3 is 0 Å². The van der Waals surface area contributed by atoms with Crippen molar-refractivity contribution >= 4 is 28.1 Å². The molecular formula is C19H12FN5O3S. The minimum Gasteiger partial charge on any atom is -0.296 e. The SMILES string of the molecule is O=C(Nc1nc(-c2cccc(F)c2)cs1)c1ccn(-c2ccc([N+](=O)[O-])cc2)n1. The van der Waals surface area contributed by atoms with Gasteiger partial charge in [-0.2, -0.15) is 5.10 Å². The van der Waals surface area contributed by atoms with Crippen LogP contribution in [0.4, 0.5) is 15.2 Å². The molecule has 0 unspecified atom stereocenters. The van der Waals surface area contributed by atoms with E-state index in [2.05, 4.69) is 15.4 Å². The first-order valence-corrected chi connectivity index (χ1v) is 9.21. The summed E-state index contributed by atoms with van der Waals surface area (Å²) in [5.74, 6) is -0.816. The molecule has 144 valence electrons. The van der Waals surface area contributed by atoms with Crippen LogP contribution in [0.15, 0.2) is 66.2 Å². The van der Waals surface area contributed by atoms with Crippen LogP contribution < -0.4 is 5.32 Å². The molecule has 29 heavy (non-hydrogen) atoms. The van der Waals surface area contributed by atoms with Crippen LogP contribution in [0.25, 0.3) is 16.9 Å². The lowest BCUT2D eigenvalue weighted by molar-refractivity contribution is -0.384. The van der Waals surface area contributed by atoms with E-state index in [1.807, 2.05) is 0 Å². The maximum Gasteiger partial charge on any atom is 0.277 e. The highest BCUT2D eigenvalue weighted by Gasteiger charge is 2.14. The molecule has 10 heteroatoms. The minimum absolute atomic E-state index is 0.0308. The molecule has 0 aliphatic carbocycles. The van der Waals surface area contributed by atoms with Gasteiger partial charge in [-0.25, -0.2) is 14.1 Å². The van der Waals surface area contributed by atoms with Crippen LogP contribution in [0.2, 0.25) is 0 Å². The Morgan fingerprint density at radius 1 is 1.17 bits per heavy atom. The van der Waals surface area contributed by atoms with E-state index in [1.165, 1.54) is 46.4 Å². The zero-order valence-electron chi connectivity index (χ0n) is 14.7. The van der Waals surface area contributed by atoms with E-state index in [-0.39, 0.29) is 17.2 Å². The molecule has 4 aromatic rings. The van der Waals surface area contributed by atoms with Crippen molar-refractivity contribution in [2.75, 3.05) is 5.32 Å². The molecule has 2 aromatic heterocycles. The number of benzene rings is 2. The fourth-order valence-corrected chi connectivity index (χ4v) is 3.30. The number of aromatic nitrogens is 3. The number of halogens is 1. The van der Waals surface area contributed by atoms with Crippen molar-refractivity contribution in [1.29, 1.82) is 0 Å². The molecule has 0 aliphatic heterocycles. The van der Waals surface area contributed by atoms with Gasteiger partial charge in [0.15, 0.2) is 10.8 Å². The highest BCUT2D eigenvalue weighted by atomic mass is 32.1. The second kappa shape index (κ2) is 7.60.